The minimum absolute atomic E-state index is 0.102. The van der Waals surface area contributed by atoms with E-state index in [-0.39, 0.29) is 41.4 Å². The molecule has 0 spiro atoms. The fourth-order valence-electron chi connectivity index (χ4n) is 5.12. The summed E-state index contributed by atoms with van der Waals surface area (Å²) in [5.74, 6) is -0.275. The van der Waals surface area contributed by atoms with Crippen LogP contribution in [0.4, 0.5) is 5.82 Å². The molecule has 0 atom stereocenters. The lowest BCUT2D eigenvalue weighted by atomic mass is 9.98. The standard InChI is InChI=1S/C32H34N6O4/c33-30-28(22-7-2-1-3-8-22)29(36-37-30)32(42)38-17-5-11-27(40)34-16-14-21-12-13-26(39)25(19-21)23-9-4-10-24(20-23)31(41)35-15-6-18-38/h1-4,7-10,12-13,19-20,39H,5-6,11,14-18H2,(H,34,40)(H,35,41)(H3,33,36,37). The zero-order valence-electron chi connectivity index (χ0n) is 23.2. The van der Waals surface area contributed by atoms with Crippen LogP contribution in [0.2, 0.25) is 0 Å². The number of amides is 3. The number of nitrogens with one attached hydrogen (secondary N) is 3. The second-order valence-electron chi connectivity index (χ2n) is 10.3. The Kier molecular flexibility index (Phi) is 8.81. The molecule has 42 heavy (non-hydrogen) atoms. The van der Waals surface area contributed by atoms with Gasteiger partial charge in [0.15, 0.2) is 5.82 Å². The molecule has 3 aromatic carbocycles. The molecule has 2 heterocycles. The number of hydrogen-bond donors (Lipinski definition) is 5. The van der Waals surface area contributed by atoms with Crippen molar-refractivity contribution < 1.29 is 19.5 Å². The Hall–Kier alpha value is -5.12. The quantitative estimate of drug-likeness (QED) is 0.249. The number of rotatable bonds is 2. The second-order valence-corrected chi connectivity index (χ2v) is 10.3. The van der Waals surface area contributed by atoms with Crippen LogP contribution in [0.1, 0.15) is 45.7 Å². The summed E-state index contributed by atoms with van der Waals surface area (Å²) >= 11 is 0. The number of nitrogens with zero attached hydrogens (tertiary/aromatic N) is 2. The van der Waals surface area contributed by atoms with Crippen LogP contribution in [0.5, 0.6) is 5.75 Å². The number of anilines is 1. The zero-order valence-corrected chi connectivity index (χ0v) is 23.2. The fourth-order valence-corrected chi connectivity index (χ4v) is 5.12. The number of carbonyl (C=O) groups excluding carboxylic acids is 3. The fraction of sp³-hybridized carbons (Fsp3) is 0.250. The van der Waals surface area contributed by atoms with E-state index in [2.05, 4.69) is 20.8 Å². The molecular formula is C32H34N6O4. The van der Waals surface area contributed by atoms with Gasteiger partial charge in [0.05, 0.1) is 5.56 Å². The first-order valence-electron chi connectivity index (χ1n) is 14.1. The van der Waals surface area contributed by atoms with Gasteiger partial charge in [-0.15, -0.1) is 0 Å². The molecule has 216 valence electrons. The third-order valence-corrected chi connectivity index (χ3v) is 7.31. The Morgan fingerprint density at radius 3 is 2.43 bits per heavy atom. The number of nitrogen functional groups attached to an aromatic ring is 1. The summed E-state index contributed by atoms with van der Waals surface area (Å²) < 4.78 is 0. The highest BCUT2D eigenvalue weighted by Gasteiger charge is 2.24. The number of aromatic amines is 1. The molecule has 1 aliphatic heterocycles. The van der Waals surface area contributed by atoms with Gasteiger partial charge in [0, 0.05) is 43.7 Å². The molecule has 1 aromatic heterocycles. The summed E-state index contributed by atoms with van der Waals surface area (Å²) in [6, 6.07) is 21.8. The number of phenols is 1. The van der Waals surface area contributed by atoms with Gasteiger partial charge in [-0.3, -0.25) is 19.5 Å². The smallest absolute Gasteiger partial charge is 0.272 e. The Morgan fingerprint density at radius 2 is 1.60 bits per heavy atom. The third kappa shape index (κ3) is 6.60. The first-order chi connectivity index (χ1) is 20.4. The Bertz CT molecular complexity index is 1580. The largest absolute Gasteiger partial charge is 0.507 e. The van der Waals surface area contributed by atoms with Crippen molar-refractivity contribution >= 4 is 23.5 Å². The number of aromatic hydroxyl groups is 1. The van der Waals surface area contributed by atoms with E-state index in [1.165, 1.54) is 0 Å². The molecule has 0 fully saturated rings. The molecule has 5 rings (SSSR count). The molecule has 4 aromatic rings. The summed E-state index contributed by atoms with van der Waals surface area (Å²) in [5, 5.41) is 23.3. The van der Waals surface area contributed by atoms with Crippen molar-refractivity contribution in [3.63, 3.8) is 0 Å². The van der Waals surface area contributed by atoms with Crippen LogP contribution in [0, 0.1) is 0 Å². The summed E-state index contributed by atoms with van der Waals surface area (Å²) in [5.41, 5.74) is 10.5. The Morgan fingerprint density at radius 1 is 0.833 bits per heavy atom. The molecule has 10 nitrogen and oxygen atoms in total. The molecule has 0 unspecified atom stereocenters. The van der Waals surface area contributed by atoms with Gasteiger partial charge in [-0.05, 0) is 60.2 Å². The second kappa shape index (κ2) is 13.0. The number of hydrogen-bond acceptors (Lipinski definition) is 6. The predicted molar refractivity (Wildman–Crippen MR) is 161 cm³/mol. The predicted octanol–water partition coefficient (Wildman–Crippen LogP) is 3.75. The molecule has 10 heteroatoms. The topological polar surface area (TPSA) is 153 Å². The Labute approximate surface area is 243 Å². The molecule has 0 saturated heterocycles. The first-order valence-corrected chi connectivity index (χ1v) is 14.1. The maximum atomic E-state index is 13.7. The molecule has 0 saturated carbocycles. The van der Waals surface area contributed by atoms with Crippen LogP contribution >= 0.6 is 0 Å². The van der Waals surface area contributed by atoms with E-state index in [1.54, 1.807) is 29.2 Å². The third-order valence-electron chi connectivity index (χ3n) is 7.31. The van der Waals surface area contributed by atoms with Crippen molar-refractivity contribution in [2.24, 2.45) is 0 Å². The van der Waals surface area contributed by atoms with Gasteiger partial charge in [-0.1, -0.05) is 48.5 Å². The summed E-state index contributed by atoms with van der Waals surface area (Å²) in [6.07, 6.45) is 1.79. The van der Waals surface area contributed by atoms with E-state index in [9.17, 15) is 19.5 Å². The van der Waals surface area contributed by atoms with Crippen LogP contribution < -0.4 is 16.4 Å². The lowest BCUT2D eigenvalue weighted by Crippen LogP contribution is -2.36. The SMILES string of the molecule is Nc1n[nH]c(C(=O)N2CCCNC(=O)c3cccc(c3)-c3cc(ccc3O)CCNC(=O)CCC2)c1-c1ccccc1. The monoisotopic (exact) mass is 566 g/mol. The van der Waals surface area contributed by atoms with Crippen LogP contribution in [0.15, 0.2) is 72.8 Å². The van der Waals surface area contributed by atoms with E-state index in [0.717, 1.165) is 11.1 Å². The highest BCUT2D eigenvalue weighted by Crippen LogP contribution is 2.31. The first kappa shape index (κ1) is 28.4. The Balaban J connectivity index is 1.36. The molecule has 4 bridgehead atoms. The number of H-pyrrole nitrogens is 1. The van der Waals surface area contributed by atoms with E-state index < -0.39 is 0 Å². The van der Waals surface area contributed by atoms with Crippen LogP contribution in [-0.2, 0) is 11.2 Å². The van der Waals surface area contributed by atoms with Gasteiger partial charge in [-0.25, -0.2) is 0 Å². The lowest BCUT2D eigenvalue weighted by molar-refractivity contribution is -0.121. The summed E-state index contributed by atoms with van der Waals surface area (Å²) in [4.78, 5) is 41.0. The molecule has 0 aliphatic carbocycles. The van der Waals surface area contributed by atoms with E-state index in [0.29, 0.717) is 67.7 Å². The highest BCUT2D eigenvalue weighted by molar-refractivity contribution is 6.01. The van der Waals surface area contributed by atoms with Crippen LogP contribution in [-0.4, -0.2) is 64.1 Å². The minimum atomic E-state index is -0.275. The highest BCUT2D eigenvalue weighted by atomic mass is 16.3. The minimum Gasteiger partial charge on any atom is -0.507 e. The van der Waals surface area contributed by atoms with Crippen molar-refractivity contribution in [2.75, 3.05) is 31.9 Å². The van der Waals surface area contributed by atoms with Crippen molar-refractivity contribution in [1.29, 1.82) is 0 Å². The molecule has 6 N–H and O–H groups in total. The maximum Gasteiger partial charge on any atom is 0.272 e. The van der Waals surface area contributed by atoms with Gasteiger partial charge >= 0.3 is 0 Å². The number of phenolic OH excluding ortho intramolecular Hbond substituents is 1. The van der Waals surface area contributed by atoms with Gasteiger partial charge in [0.25, 0.3) is 11.8 Å². The van der Waals surface area contributed by atoms with Gasteiger partial charge in [0.2, 0.25) is 5.91 Å². The van der Waals surface area contributed by atoms with Crippen LogP contribution in [0.25, 0.3) is 22.3 Å². The average Bonchev–Trinajstić information content (AvgIpc) is 3.40. The van der Waals surface area contributed by atoms with Crippen molar-refractivity contribution in [3.8, 4) is 28.0 Å². The molecule has 1 aliphatic rings. The van der Waals surface area contributed by atoms with Crippen molar-refractivity contribution in [3.05, 3.63) is 89.6 Å². The molecule has 0 radical (unpaired) electrons. The number of carbonyl (C=O) groups is 3. The van der Waals surface area contributed by atoms with Gasteiger partial charge in [0.1, 0.15) is 11.4 Å². The van der Waals surface area contributed by atoms with E-state index in [4.69, 9.17) is 5.73 Å². The summed E-state index contributed by atoms with van der Waals surface area (Å²) in [7, 11) is 0. The number of aromatic nitrogens is 2. The van der Waals surface area contributed by atoms with Gasteiger partial charge < -0.3 is 26.4 Å². The normalized spacial score (nSPS) is 15.1. The zero-order chi connectivity index (χ0) is 29.5. The lowest BCUT2D eigenvalue weighted by Gasteiger charge is -2.23. The number of nitrogens with two attached hydrogens (primary N) is 1. The van der Waals surface area contributed by atoms with Gasteiger partial charge in [-0.2, -0.15) is 5.10 Å². The summed E-state index contributed by atoms with van der Waals surface area (Å²) in [6.45, 7) is 1.47. The molecule has 3 amide bonds. The maximum absolute atomic E-state index is 13.7. The van der Waals surface area contributed by atoms with Crippen molar-refractivity contribution in [1.82, 2.24) is 25.7 Å². The van der Waals surface area contributed by atoms with E-state index in [1.807, 2.05) is 48.5 Å². The number of fused-ring (bicyclic) bond motifs is 5. The molecular weight excluding hydrogens is 532 g/mol. The van der Waals surface area contributed by atoms with Crippen LogP contribution in [0.3, 0.4) is 0 Å². The van der Waals surface area contributed by atoms with E-state index >= 15 is 0 Å². The average molecular weight is 567 g/mol. The van der Waals surface area contributed by atoms with Crippen molar-refractivity contribution in [2.45, 2.75) is 25.7 Å². The number of benzene rings is 3.